The average molecular weight is 321 g/mol. The molecule has 1 aromatic carbocycles. The van der Waals surface area contributed by atoms with Gasteiger partial charge in [-0.25, -0.2) is 0 Å². The first kappa shape index (κ1) is 13.5. The molecule has 0 spiro atoms. The standard InChI is InChI=1S/C14H13BrN2O2/c1-9-5-6-12(14(19)17-9)13(18)16-8-10-3-2-4-11(15)7-10/h2-7H,8H2,1H3,(H,16,18)(H,17,19). The summed E-state index contributed by atoms with van der Waals surface area (Å²) < 4.78 is 0.951. The molecule has 0 radical (unpaired) electrons. The second-order valence-corrected chi connectivity index (χ2v) is 5.11. The second kappa shape index (κ2) is 5.84. The zero-order chi connectivity index (χ0) is 13.8. The first-order valence-corrected chi connectivity index (χ1v) is 6.58. The lowest BCUT2D eigenvalue weighted by atomic mass is 10.2. The fourth-order valence-electron chi connectivity index (χ4n) is 1.68. The lowest BCUT2D eigenvalue weighted by molar-refractivity contribution is 0.0949. The quantitative estimate of drug-likeness (QED) is 0.912. The zero-order valence-electron chi connectivity index (χ0n) is 10.4. The largest absolute Gasteiger partial charge is 0.348 e. The van der Waals surface area contributed by atoms with Crippen LogP contribution in [0, 0.1) is 6.92 Å². The summed E-state index contributed by atoms with van der Waals surface area (Å²) in [4.78, 5) is 26.1. The molecule has 4 nitrogen and oxygen atoms in total. The van der Waals surface area contributed by atoms with Gasteiger partial charge in [0.2, 0.25) is 0 Å². The molecule has 0 aliphatic rings. The van der Waals surface area contributed by atoms with E-state index in [0.717, 1.165) is 15.7 Å². The number of amides is 1. The first-order valence-electron chi connectivity index (χ1n) is 5.79. The van der Waals surface area contributed by atoms with Crippen LogP contribution in [0.2, 0.25) is 0 Å². The summed E-state index contributed by atoms with van der Waals surface area (Å²) in [5.41, 5.74) is 1.45. The highest BCUT2D eigenvalue weighted by molar-refractivity contribution is 9.10. The molecule has 0 saturated heterocycles. The molecule has 0 atom stereocenters. The van der Waals surface area contributed by atoms with E-state index in [1.54, 1.807) is 13.0 Å². The Morgan fingerprint density at radius 1 is 1.32 bits per heavy atom. The van der Waals surface area contributed by atoms with Crippen molar-refractivity contribution in [1.82, 2.24) is 10.3 Å². The number of H-pyrrole nitrogens is 1. The third-order valence-corrected chi connectivity index (χ3v) is 3.14. The van der Waals surface area contributed by atoms with Crippen LogP contribution >= 0.6 is 15.9 Å². The third kappa shape index (κ3) is 3.54. The fraction of sp³-hybridized carbons (Fsp3) is 0.143. The molecular weight excluding hydrogens is 308 g/mol. The van der Waals surface area contributed by atoms with Crippen LogP contribution in [-0.4, -0.2) is 10.9 Å². The van der Waals surface area contributed by atoms with Gasteiger partial charge in [0.1, 0.15) is 5.56 Å². The maximum Gasteiger partial charge on any atom is 0.260 e. The van der Waals surface area contributed by atoms with Crippen molar-refractivity contribution >= 4 is 21.8 Å². The van der Waals surface area contributed by atoms with Crippen molar-refractivity contribution < 1.29 is 4.79 Å². The lowest BCUT2D eigenvalue weighted by Crippen LogP contribution is -2.29. The van der Waals surface area contributed by atoms with Crippen LogP contribution in [0.15, 0.2) is 45.7 Å². The van der Waals surface area contributed by atoms with Crippen molar-refractivity contribution in [2.45, 2.75) is 13.5 Å². The number of aromatic amines is 1. The van der Waals surface area contributed by atoms with Crippen molar-refractivity contribution in [1.29, 1.82) is 0 Å². The second-order valence-electron chi connectivity index (χ2n) is 4.20. The number of rotatable bonds is 3. The minimum absolute atomic E-state index is 0.126. The summed E-state index contributed by atoms with van der Waals surface area (Å²) in [6, 6.07) is 10.9. The van der Waals surface area contributed by atoms with Gasteiger partial charge >= 0.3 is 0 Å². The van der Waals surface area contributed by atoms with E-state index in [2.05, 4.69) is 26.2 Å². The van der Waals surface area contributed by atoms with E-state index in [-0.39, 0.29) is 17.0 Å². The molecular formula is C14H13BrN2O2. The van der Waals surface area contributed by atoms with E-state index in [1.165, 1.54) is 6.07 Å². The van der Waals surface area contributed by atoms with Gasteiger partial charge in [0.25, 0.3) is 11.5 Å². The monoisotopic (exact) mass is 320 g/mol. The van der Waals surface area contributed by atoms with Crippen molar-refractivity contribution in [3.63, 3.8) is 0 Å². The Morgan fingerprint density at radius 3 is 2.79 bits per heavy atom. The minimum atomic E-state index is -0.374. The fourth-order valence-corrected chi connectivity index (χ4v) is 2.12. The summed E-state index contributed by atoms with van der Waals surface area (Å²) >= 11 is 3.37. The molecule has 0 fully saturated rings. The SMILES string of the molecule is Cc1ccc(C(=O)NCc2cccc(Br)c2)c(=O)[nH]1. The van der Waals surface area contributed by atoms with E-state index >= 15 is 0 Å². The summed E-state index contributed by atoms with van der Waals surface area (Å²) in [5, 5.41) is 2.72. The van der Waals surface area contributed by atoms with Crippen LogP contribution in [0.3, 0.4) is 0 Å². The lowest BCUT2D eigenvalue weighted by Gasteiger charge is -2.05. The maximum atomic E-state index is 11.9. The molecule has 0 saturated carbocycles. The molecule has 2 aromatic rings. The van der Waals surface area contributed by atoms with E-state index in [1.807, 2.05) is 24.3 Å². The van der Waals surface area contributed by atoms with Gasteiger partial charge in [-0.3, -0.25) is 9.59 Å². The third-order valence-electron chi connectivity index (χ3n) is 2.64. The topological polar surface area (TPSA) is 62.0 Å². The normalized spacial score (nSPS) is 10.2. The number of carbonyl (C=O) groups is 1. The number of carbonyl (C=O) groups excluding carboxylic acids is 1. The smallest absolute Gasteiger partial charge is 0.260 e. The Balaban J connectivity index is 2.07. The van der Waals surface area contributed by atoms with Crippen LogP contribution in [0.4, 0.5) is 0 Å². The first-order chi connectivity index (χ1) is 9.06. The van der Waals surface area contributed by atoms with Crippen LogP contribution in [0.25, 0.3) is 0 Å². The molecule has 0 aliphatic carbocycles. The molecule has 2 rings (SSSR count). The number of benzene rings is 1. The summed E-state index contributed by atoms with van der Waals surface area (Å²) in [7, 11) is 0. The molecule has 5 heteroatoms. The van der Waals surface area contributed by atoms with Crippen molar-refractivity contribution in [2.75, 3.05) is 0 Å². The van der Waals surface area contributed by atoms with Gasteiger partial charge < -0.3 is 10.3 Å². The molecule has 0 aliphatic heterocycles. The Hall–Kier alpha value is -1.88. The van der Waals surface area contributed by atoms with E-state index < -0.39 is 0 Å². The number of nitrogens with one attached hydrogen (secondary N) is 2. The van der Waals surface area contributed by atoms with Crippen LogP contribution in [0.5, 0.6) is 0 Å². The van der Waals surface area contributed by atoms with Gasteiger partial charge in [-0.15, -0.1) is 0 Å². The summed E-state index contributed by atoms with van der Waals surface area (Å²) in [5.74, 6) is -0.374. The van der Waals surface area contributed by atoms with Gasteiger partial charge in [0, 0.05) is 16.7 Å². The van der Waals surface area contributed by atoms with Gasteiger partial charge in [-0.05, 0) is 36.8 Å². The summed E-state index contributed by atoms with van der Waals surface area (Å²) in [6.45, 7) is 2.15. The predicted octanol–water partition coefficient (Wildman–Crippen LogP) is 2.38. The molecule has 1 aromatic heterocycles. The minimum Gasteiger partial charge on any atom is -0.348 e. The highest BCUT2D eigenvalue weighted by Gasteiger charge is 2.09. The van der Waals surface area contributed by atoms with Crippen molar-refractivity contribution in [3.8, 4) is 0 Å². The molecule has 0 unspecified atom stereocenters. The Bertz CT molecular complexity index is 664. The van der Waals surface area contributed by atoms with Gasteiger partial charge in [0.15, 0.2) is 0 Å². The number of pyridine rings is 1. The maximum absolute atomic E-state index is 11.9. The number of halogens is 1. The Labute approximate surface area is 119 Å². The Kier molecular flexibility index (Phi) is 4.16. The van der Waals surface area contributed by atoms with Gasteiger partial charge in [0.05, 0.1) is 0 Å². The molecule has 98 valence electrons. The van der Waals surface area contributed by atoms with Crippen molar-refractivity contribution in [2.24, 2.45) is 0 Å². The highest BCUT2D eigenvalue weighted by Crippen LogP contribution is 2.11. The summed E-state index contributed by atoms with van der Waals surface area (Å²) in [6.07, 6.45) is 0. The number of aromatic nitrogens is 1. The number of hydrogen-bond acceptors (Lipinski definition) is 2. The number of hydrogen-bond donors (Lipinski definition) is 2. The van der Waals surface area contributed by atoms with Crippen LogP contribution in [0.1, 0.15) is 21.6 Å². The zero-order valence-corrected chi connectivity index (χ0v) is 12.0. The molecule has 1 heterocycles. The van der Waals surface area contributed by atoms with Gasteiger partial charge in [-0.2, -0.15) is 0 Å². The van der Waals surface area contributed by atoms with E-state index in [4.69, 9.17) is 0 Å². The number of aryl methyl sites for hydroxylation is 1. The van der Waals surface area contributed by atoms with E-state index in [9.17, 15) is 9.59 Å². The molecule has 1 amide bonds. The van der Waals surface area contributed by atoms with Gasteiger partial charge in [-0.1, -0.05) is 28.1 Å². The van der Waals surface area contributed by atoms with Crippen molar-refractivity contribution in [3.05, 3.63) is 68.0 Å². The molecule has 2 N–H and O–H groups in total. The highest BCUT2D eigenvalue weighted by atomic mass is 79.9. The predicted molar refractivity (Wildman–Crippen MR) is 77.1 cm³/mol. The van der Waals surface area contributed by atoms with E-state index in [0.29, 0.717) is 6.54 Å². The Morgan fingerprint density at radius 2 is 2.11 bits per heavy atom. The molecule has 19 heavy (non-hydrogen) atoms. The average Bonchev–Trinajstić information content (AvgIpc) is 2.36. The van der Waals surface area contributed by atoms with Crippen LogP contribution in [-0.2, 0) is 6.54 Å². The van der Waals surface area contributed by atoms with Crippen LogP contribution < -0.4 is 10.9 Å². The molecule has 0 bridgehead atoms.